The number of nitrogens with zero attached hydrogens (tertiary/aromatic N) is 2. The lowest BCUT2D eigenvalue weighted by Crippen LogP contribution is -2.08. The molecule has 0 atom stereocenters. The molecule has 1 heterocycles. The van der Waals surface area contributed by atoms with Crippen LogP contribution in [0.2, 0.25) is 0 Å². The molecule has 0 bridgehead atoms. The summed E-state index contributed by atoms with van der Waals surface area (Å²) in [6.45, 7) is 1.25. The van der Waals surface area contributed by atoms with Crippen LogP contribution >= 0.6 is 0 Å². The van der Waals surface area contributed by atoms with E-state index in [4.69, 9.17) is 5.73 Å². The van der Waals surface area contributed by atoms with Gasteiger partial charge in [0.25, 0.3) is 0 Å². The Kier molecular flexibility index (Phi) is 5.22. The van der Waals surface area contributed by atoms with Crippen molar-refractivity contribution < 1.29 is 9.53 Å². The lowest BCUT2D eigenvalue weighted by atomic mass is 10.1. The highest BCUT2D eigenvalue weighted by Gasteiger charge is 2.08. The van der Waals surface area contributed by atoms with E-state index >= 15 is 0 Å². The summed E-state index contributed by atoms with van der Waals surface area (Å²) in [6.07, 6.45) is 3.81. The first-order chi connectivity index (χ1) is 10.2. The van der Waals surface area contributed by atoms with Gasteiger partial charge in [0, 0.05) is 6.54 Å². The molecule has 0 spiro atoms. The number of carbonyl (C=O) groups is 1. The van der Waals surface area contributed by atoms with Crippen LogP contribution in [0.15, 0.2) is 36.7 Å². The SMILES string of the molecule is COC(=O)c1cncc(NCc2ccc(CCN)cc2)n1. The normalized spacial score (nSPS) is 10.2. The van der Waals surface area contributed by atoms with Gasteiger partial charge in [-0.2, -0.15) is 0 Å². The molecule has 0 amide bonds. The fourth-order valence-electron chi connectivity index (χ4n) is 1.84. The highest BCUT2D eigenvalue weighted by molar-refractivity contribution is 5.87. The van der Waals surface area contributed by atoms with Gasteiger partial charge in [-0.3, -0.25) is 4.98 Å². The zero-order chi connectivity index (χ0) is 15.1. The lowest BCUT2D eigenvalue weighted by molar-refractivity contribution is 0.0593. The van der Waals surface area contributed by atoms with Gasteiger partial charge in [0.1, 0.15) is 5.82 Å². The van der Waals surface area contributed by atoms with E-state index in [-0.39, 0.29) is 5.69 Å². The van der Waals surface area contributed by atoms with Crippen LogP contribution in [0.4, 0.5) is 5.82 Å². The quantitative estimate of drug-likeness (QED) is 0.780. The van der Waals surface area contributed by atoms with Crippen LogP contribution in [0.1, 0.15) is 21.6 Å². The molecule has 0 saturated carbocycles. The maximum absolute atomic E-state index is 11.4. The van der Waals surface area contributed by atoms with Gasteiger partial charge in [-0.15, -0.1) is 0 Å². The average Bonchev–Trinajstić information content (AvgIpc) is 2.54. The van der Waals surface area contributed by atoms with Crippen LogP contribution < -0.4 is 11.1 Å². The number of methoxy groups -OCH3 is 1. The number of carbonyl (C=O) groups excluding carboxylic acids is 1. The minimum Gasteiger partial charge on any atom is -0.464 e. The van der Waals surface area contributed by atoms with Crippen LogP contribution in [0.25, 0.3) is 0 Å². The van der Waals surface area contributed by atoms with Crippen LogP contribution in [0.5, 0.6) is 0 Å². The molecule has 110 valence electrons. The van der Waals surface area contributed by atoms with Crippen LogP contribution in [-0.2, 0) is 17.7 Å². The summed E-state index contributed by atoms with van der Waals surface area (Å²) in [6, 6.07) is 8.19. The number of nitrogens with two attached hydrogens (primary N) is 1. The van der Waals surface area contributed by atoms with E-state index in [1.54, 1.807) is 6.20 Å². The number of aromatic nitrogens is 2. The number of hydrogen-bond acceptors (Lipinski definition) is 6. The number of ether oxygens (including phenoxy) is 1. The molecule has 6 heteroatoms. The Hall–Kier alpha value is -2.47. The molecule has 2 rings (SSSR count). The van der Waals surface area contributed by atoms with Crippen molar-refractivity contribution in [3.05, 3.63) is 53.5 Å². The molecule has 0 radical (unpaired) electrons. The maximum atomic E-state index is 11.4. The first kappa shape index (κ1) is 14.9. The lowest BCUT2D eigenvalue weighted by Gasteiger charge is -2.07. The largest absolute Gasteiger partial charge is 0.464 e. The maximum Gasteiger partial charge on any atom is 0.358 e. The third-order valence-corrected chi connectivity index (χ3v) is 2.96. The van der Waals surface area contributed by atoms with E-state index in [9.17, 15) is 4.79 Å². The second-order valence-corrected chi connectivity index (χ2v) is 4.49. The van der Waals surface area contributed by atoms with Crippen molar-refractivity contribution in [3.63, 3.8) is 0 Å². The molecule has 0 aliphatic heterocycles. The van der Waals surface area contributed by atoms with Crippen molar-refractivity contribution in [2.24, 2.45) is 5.73 Å². The Balaban J connectivity index is 1.97. The fourth-order valence-corrected chi connectivity index (χ4v) is 1.84. The molecule has 1 aromatic carbocycles. The zero-order valence-electron chi connectivity index (χ0n) is 11.9. The number of esters is 1. The molecule has 6 nitrogen and oxygen atoms in total. The number of anilines is 1. The monoisotopic (exact) mass is 286 g/mol. The predicted molar refractivity (Wildman–Crippen MR) is 79.9 cm³/mol. The standard InChI is InChI=1S/C15H18N4O2/c1-21-15(20)13-9-17-10-14(19-13)18-8-12-4-2-11(3-5-12)6-7-16/h2-5,9-10H,6-8,16H2,1H3,(H,18,19). The highest BCUT2D eigenvalue weighted by Crippen LogP contribution is 2.08. The summed E-state index contributed by atoms with van der Waals surface area (Å²) in [5.74, 6) is 0.0289. The molecule has 0 fully saturated rings. The Morgan fingerprint density at radius 3 is 2.62 bits per heavy atom. The number of benzene rings is 1. The second kappa shape index (κ2) is 7.35. The van der Waals surface area contributed by atoms with Crippen molar-refractivity contribution in [1.82, 2.24) is 9.97 Å². The number of hydrogen-bond donors (Lipinski definition) is 2. The van der Waals surface area contributed by atoms with Crippen molar-refractivity contribution in [1.29, 1.82) is 0 Å². The van der Waals surface area contributed by atoms with Gasteiger partial charge in [0.2, 0.25) is 0 Å². The molecule has 0 aliphatic rings. The van der Waals surface area contributed by atoms with E-state index in [1.807, 2.05) is 12.1 Å². The van der Waals surface area contributed by atoms with Crippen LogP contribution in [0, 0.1) is 0 Å². The van der Waals surface area contributed by atoms with Crippen molar-refractivity contribution in [3.8, 4) is 0 Å². The topological polar surface area (TPSA) is 90.1 Å². The van der Waals surface area contributed by atoms with Crippen molar-refractivity contribution in [2.45, 2.75) is 13.0 Å². The molecule has 1 aromatic heterocycles. The zero-order valence-corrected chi connectivity index (χ0v) is 11.9. The number of rotatable bonds is 6. The van der Waals surface area contributed by atoms with E-state index in [2.05, 4.69) is 32.2 Å². The third-order valence-electron chi connectivity index (χ3n) is 2.96. The van der Waals surface area contributed by atoms with Gasteiger partial charge in [-0.25, -0.2) is 9.78 Å². The molecule has 3 N–H and O–H groups in total. The fraction of sp³-hybridized carbons (Fsp3) is 0.267. The van der Waals surface area contributed by atoms with Gasteiger partial charge < -0.3 is 15.8 Å². The van der Waals surface area contributed by atoms with Crippen molar-refractivity contribution >= 4 is 11.8 Å². The van der Waals surface area contributed by atoms with Gasteiger partial charge in [0.15, 0.2) is 5.69 Å². The smallest absolute Gasteiger partial charge is 0.358 e. The van der Waals surface area contributed by atoms with Gasteiger partial charge >= 0.3 is 5.97 Å². The van der Waals surface area contributed by atoms with Crippen LogP contribution in [0.3, 0.4) is 0 Å². The summed E-state index contributed by atoms with van der Waals surface area (Å²) in [5, 5.41) is 3.13. The first-order valence-corrected chi connectivity index (χ1v) is 6.65. The molecule has 0 unspecified atom stereocenters. The summed E-state index contributed by atoms with van der Waals surface area (Å²) in [7, 11) is 1.31. The Morgan fingerprint density at radius 2 is 1.95 bits per heavy atom. The van der Waals surface area contributed by atoms with E-state index in [1.165, 1.54) is 18.9 Å². The van der Waals surface area contributed by atoms with E-state index in [0.29, 0.717) is 18.9 Å². The Bertz CT molecular complexity index is 599. The summed E-state index contributed by atoms with van der Waals surface area (Å²) in [4.78, 5) is 19.5. The minimum absolute atomic E-state index is 0.181. The Morgan fingerprint density at radius 1 is 1.24 bits per heavy atom. The minimum atomic E-state index is -0.503. The van der Waals surface area contributed by atoms with Crippen LogP contribution in [-0.4, -0.2) is 29.6 Å². The summed E-state index contributed by atoms with van der Waals surface area (Å²) >= 11 is 0. The first-order valence-electron chi connectivity index (χ1n) is 6.65. The van der Waals surface area contributed by atoms with E-state index < -0.39 is 5.97 Å². The summed E-state index contributed by atoms with van der Waals surface area (Å²) in [5.41, 5.74) is 8.03. The molecule has 0 saturated heterocycles. The molecule has 21 heavy (non-hydrogen) atoms. The highest BCUT2D eigenvalue weighted by atomic mass is 16.5. The van der Waals surface area contributed by atoms with Gasteiger partial charge in [-0.1, -0.05) is 24.3 Å². The molecular formula is C15H18N4O2. The summed E-state index contributed by atoms with van der Waals surface area (Å²) < 4.78 is 4.61. The second-order valence-electron chi connectivity index (χ2n) is 4.49. The Labute approximate surface area is 123 Å². The molecule has 0 aliphatic carbocycles. The van der Waals surface area contributed by atoms with Gasteiger partial charge in [-0.05, 0) is 24.1 Å². The average molecular weight is 286 g/mol. The van der Waals surface area contributed by atoms with Gasteiger partial charge in [0.05, 0.1) is 19.5 Å². The predicted octanol–water partition coefficient (Wildman–Crippen LogP) is 1.38. The molecule has 2 aromatic rings. The van der Waals surface area contributed by atoms with Crippen molar-refractivity contribution in [2.75, 3.05) is 19.0 Å². The molecular weight excluding hydrogens is 268 g/mol. The third kappa shape index (κ3) is 4.25. The number of nitrogens with one attached hydrogen (secondary N) is 1. The van der Waals surface area contributed by atoms with E-state index in [0.717, 1.165) is 12.0 Å².